The van der Waals surface area contributed by atoms with Crippen molar-refractivity contribution in [2.75, 3.05) is 5.73 Å². The second-order valence-electron chi connectivity index (χ2n) is 2.54. The molecule has 0 aromatic carbocycles. The molecule has 5 nitrogen and oxygen atoms in total. The lowest BCUT2D eigenvalue weighted by atomic mass is 10.4. The summed E-state index contributed by atoms with van der Waals surface area (Å²) in [5.41, 5.74) is 10.9. The summed E-state index contributed by atoms with van der Waals surface area (Å²) in [5, 5.41) is 0. The molecular weight excluding hydrogens is 156 g/mol. The zero-order valence-electron chi connectivity index (χ0n) is 6.95. The number of aryl methyl sites for hydroxylation is 1. The van der Waals surface area contributed by atoms with E-state index in [-0.39, 0.29) is 5.82 Å². The van der Waals surface area contributed by atoms with E-state index in [9.17, 15) is 4.79 Å². The monoisotopic (exact) mass is 168 g/mol. The van der Waals surface area contributed by atoms with Crippen LogP contribution in [0.4, 0.5) is 5.82 Å². The number of rotatable bonds is 3. The molecule has 0 atom stereocenters. The van der Waals surface area contributed by atoms with Crippen LogP contribution in [0.3, 0.4) is 0 Å². The molecule has 0 spiro atoms. The first-order chi connectivity index (χ1) is 5.66. The van der Waals surface area contributed by atoms with E-state index in [0.717, 1.165) is 6.42 Å². The van der Waals surface area contributed by atoms with Crippen LogP contribution in [0.5, 0.6) is 0 Å². The molecule has 1 rings (SSSR count). The lowest BCUT2D eigenvalue weighted by Crippen LogP contribution is -2.18. The number of imidazole rings is 1. The van der Waals surface area contributed by atoms with Crippen LogP contribution < -0.4 is 11.5 Å². The van der Waals surface area contributed by atoms with Gasteiger partial charge in [0.2, 0.25) is 0 Å². The largest absolute Gasteiger partial charge is 0.382 e. The summed E-state index contributed by atoms with van der Waals surface area (Å²) in [6.07, 6.45) is 2.44. The van der Waals surface area contributed by atoms with Crippen LogP contribution in [0.15, 0.2) is 6.33 Å². The van der Waals surface area contributed by atoms with Gasteiger partial charge in [0, 0.05) is 6.54 Å². The minimum atomic E-state index is -0.529. The van der Waals surface area contributed by atoms with Gasteiger partial charge in [0.15, 0.2) is 11.5 Å². The summed E-state index contributed by atoms with van der Waals surface area (Å²) in [7, 11) is 0. The first kappa shape index (κ1) is 8.58. The molecule has 0 radical (unpaired) electrons. The fourth-order valence-corrected chi connectivity index (χ4v) is 1.08. The molecule has 0 unspecified atom stereocenters. The van der Waals surface area contributed by atoms with E-state index in [4.69, 9.17) is 11.5 Å². The summed E-state index contributed by atoms with van der Waals surface area (Å²) in [6.45, 7) is 2.71. The lowest BCUT2D eigenvalue weighted by molar-refractivity contribution is 0.0992. The normalized spacial score (nSPS) is 10.1. The van der Waals surface area contributed by atoms with Crippen molar-refractivity contribution in [2.24, 2.45) is 5.73 Å². The number of hydrogen-bond donors (Lipinski definition) is 2. The van der Waals surface area contributed by atoms with Crippen molar-refractivity contribution >= 4 is 11.7 Å². The second kappa shape index (κ2) is 3.25. The number of nitrogens with two attached hydrogens (primary N) is 2. The number of carbonyl (C=O) groups is 1. The number of aromatic nitrogens is 2. The van der Waals surface area contributed by atoms with Crippen LogP contribution >= 0.6 is 0 Å². The van der Waals surface area contributed by atoms with Gasteiger partial charge in [-0.3, -0.25) is 4.79 Å². The standard InChI is InChI=1S/C7H12N4O/c1-2-3-11-4-10-6(8)5(11)7(9)12/h4H,2-3,8H2,1H3,(H2,9,12). The fraction of sp³-hybridized carbons (Fsp3) is 0.429. The quantitative estimate of drug-likeness (QED) is 0.664. The number of nitrogens with zero attached hydrogens (tertiary/aromatic N) is 2. The predicted molar refractivity (Wildman–Crippen MR) is 45.4 cm³/mol. The molecule has 1 aromatic rings. The first-order valence-corrected chi connectivity index (χ1v) is 3.77. The molecule has 4 N–H and O–H groups in total. The Morgan fingerprint density at radius 1 is 1.75 bits per heavy atom. The third-order valence-corrected chi connectivity index (χ3v) is 1.56. The Balaban J connectivity index is 3.04. The summed E-state index contributed by atoms with van der Waals surface area (Å²) in [5.74, 6) is -0.325. The molecule has 1 aromatic heterocycles. The topological polar surface area (TPSA) is 86.9 Å². The number of carbonyl (C=O) groups excluding carboxylic acids is 1. The molecule has 1 heterocycles. The van der Waals surface area contributed by atoms with E-state index in [1.165, 1.54) is 6.33 Å². The van der Waals surface area contributed by atoms with Crippen molar-refractivity contribution in [3.63, 3.8) is 0 Å². The van der Waals surface area contributed by atoms with Crippen LogP contribution in [0.25, 0.3) is 0 Å². The zero-order valence-corrected chi connectivity index (χ0v) is 6.95. The number of hydrogen-bond acceptors (Lipinski definition) is 3. The number of anilines is 1. The second-order valence-corrected chi connectivity index (χ2v) is 2.54. The first-order valence-electron chi connectivity index (χ1n) is 3.77. The Hall–Kier alpha value is -1.52. The van der Waals surface area contributed by atoms with Gasteiger partial charge in [0.1, 0.15) is 0 Å². The van der Waals surface area contributed by atoms with E-state index in [1.54, 1.807) is 4.57 Å². The summed E-state index contributed by atoms with van der Waals surface area (Å²) >= 11 is 0. The van der Waals surface area contributed by atoms with Crippen LogP contribution in [-0.4, -0.2) is 15.5 Å². The van der Waals surface area contributed by atoms with E-state index in [2.05, 4.69) is 4.98 Å². The van der Waals surface area contributed by atoms with Crippen molar-refractivity contribution in [2.45, 2.75) is 19.9 Å². The molecule has 12 heavy (non-hydrogen) atoms. The molecule has 0 saturated heterocycles. The van der Waals surface area contributed by atoms with Crippen molar-refractivity contribution in [1.29, 1.82) is 0 Å². The summed E-state index contributed by atoms with van der Waals surface area (Å²) < 4.78 is 1.66. The van der Waals surface area contributed by atoms with Gasteiger partial charge in [-0.15, -0.1) is 0 Å². The third kappa shape index (κ3) is 1.39. The smallest absolute Gasteiger partial charge is 0.269 e. The Kier molecular flexibility index (Phi) is 2.32. The third-order valence-electron chi connectivity index (χ3n) is 1.56. The maximum atomic E-state index is 10.9. The SMILES string of the molecule is CCCn1cnc(N)c1C(N)=O. The molecule has 66 valence electrons. The highest BCUT2D eigenvalue weighted by molar-refractivity contribution is 5.95. The van der Waals surface area contributed by atoms with Gasteiger partial charge < -0.3 is 16.0 Å². The van der Waals surface area contributed by atoms with E-state index < -0.39 is 5.91 Å². The predicted octanol–water partition coefficient (Wildman–Crippen LogP) is -0.0258. The molecule has 0 bridgehead atoms. The van der Waals surface area contributed by atoms with E-state index >= 15 is 0 Å². The highest BCUT2D eigenvalue weighted by atomic mass is 16.1. The Morgan fingerprint density at radius 3 is 2.92 bits per heavy atom. The molecule has 0 aliphatic carbocycles. The van der Waals surface area contributed by atoms with E-state index in [1.807, 2.05) is 6.92 Å². The average molecular weight is 168 g/mol. The van der Waals surface area contributed by atoms with Crippen LogP contribution in [0.2, 0.25) is 0 Å². The van der Waals surface area contributed by atoms with Crippen LogP contribution in [0, 0.1) is 0 Å². The Morgan fingerprint density at radius 2 is 2.42 bits per heavy atom. The minimum Gasteiger partial charge on any atom is -0.382 e. The molecule has 0 saturated carbocycles. The van der Waals surface area contributed by atoms with Gasteiger partial charge in [-0.05, 0) is 6.42 Å². The lowest BCUT2D eigenvalue weighted by Gasteiger charge is -2.02. The van der Waals surface area contributed by atoms with Gasteiger partial charge in [-0.2, -0.15) is 0 Å². The van der Waals surface area contributed by atoms with Gasteiger partial charge in [0.25, 0.3) is 5.91 Å². The molecule has 1 amide bonds. The number of nitrogen functional groups attached to an aromatic ring is 1. The zero-order chi connectivity index (χ0) is 9.14. The summed E-state index contributed by atoms with van der Waals surface area (Å²) in [6, 6.07) is 0. The highest BCUT2D eigenvalue weighted by Crippen LogP contribution is 2.08. The molecule has 0 fully saturated rings. The van der Waals surface area contributed by atoms with Crippen molar-refractivity contribution in [1.82, 2.24) is 9.55 Å². The number of primary amides is 1. The average Bonchev–Trinajstić information content (AvgIpc) is 2.32. The minimum absolute atomic E-state index is 0.205. The Bertz CT molecular complexity index is 292. The summed E-state index contributed by atoms with van der Waals surface area (Å²) in [4.78, 5) is 14.7. The van der Waals surface area contributed by atoms with Gasteiger partial charge in [0.05, 0.1) is 6.33 Å². The van der Waals surface area contributed by atoms with Crippen LogP contribution in [-0.2, 0) is 6.54 Å². The van der Waals surface area contributed by atoms with Crippen LogP contribution in [0.1, 0.15) is 23.8 Å². The molecular formula is C7H12N4O. The van der Waals surface area contributed by atoms with E-state index in [0.29, 0.717) is 12.2 Å². The Labute approximate surface area is 70.4 Å². The molecule has 0 aliphatic heterocycles. The van der Waals surface area contributed by atoms with Crippen molar-refractivity contribution < 1.29 is 4.79 Å². The maximum absolute atomic E-state index is 10.9. The van der Waals surface area contributed by atoms with Crippen molar-refractivity contribution in [3.05, 3.63) is 12.0 Å². The number of amides is 1. The van der Waals surface area contributed by atoms with Gasteiger partial charge in [-0.25, -0.2) is 4.98 Å². The molecule has 5 heteroatoms. The van der Waals surface area contributed by atoms with Gasteiger partial charge >= 0.3 is 0 Å². The maximum Gasteiger partial charge on any atom is 0.269 e. The molecule has 0 aliphatic rings. The fourth-order valence-electron chi connectivity index (χ4n) is 1.08. The van der Waals surface area contributed by atoms with Gasteiger partial charge in [-0.1, -0.05) is 6.92 Å². The van der Waals surface area contributed by atoms with Crippen molar-refractivity contribution in [3.8, 4) is 0 Å². The highest BCUT2D eigenvalue weighted by Gasteiger charge is 2.12.